The molecule has 0 bridgehead atoms. The number of hydrogen-bond donors (Lipinski definition) is 2. The van der Waals surface area contributed by atoms with E-state index in [-0.39, 0.29) is 11.8 Å². The zero-order chi connectivity index (χ0) is 25.3. The number of carbonyl (C=O) groups is 3. The summed E-state index contributed by atoms with van der Waals surface area (Å²) in [5.74, 6) is -3.00. The van der Waals surface area contributed by atoms with Crippen molar-refractivity contribution in [2.45, 2.75) is 25.6 Å². The first kappa shape index (κ1) is 23.7. The molecule has 184 valence electrons. The highest BCUT2D eigenvalue weighted by Gasteiger charge is 2.43. The summed E-state index contributed by atoms with van der Waals surface area (Å²) in [6, 6.07) is 21.3. The fourth-order valence-electron chi connectivity index (χ4n) is 4.66. The number of ether oxygens (including phenoxy) is 2. The van der Waals surface area contributed by atoms with E-state index in [1.807, 2.05) is 50.2 Å². The Hall–Kier alpha value is -4.01. The lowest BCUT2D eigenvalue weighted by molar-refractivity contribution is -0.149. The summed E-state index contributed by atoms with van der Waals surface area (Å²) in [4.78, 5) is 41.0. The van der Waals surface area contributed by atoms with Crippen LogP contribution in [0.15, 0.2) is 72.8 Å². The Morgan fingerprint density at radius 3 is 2.39 bits per heavy atom. The highest BCUT2D eigenvalue weighted by atomic mass is 16.7. The van der Waals surface area contributed by atoms with Gasteiger partial charge in [0.25, 0.3) is 5.91 Å². The molecule has 0 aliphatic carbocycles. The number of amides is 3. The minimum absolute atomic E-state index is 0.293. The summed E-state index contributed by atoms with van der Waals surface area (Å²) >= 11 is 0. The third-order valence-corrected chi connectivity index (χ3v) is 6.51. The van der Waals surface area contributed by atoms with Gasteiger partial charge in [-0.15, -0.1) is 0 Å². The highest BCUT2D eigenvalue weighted by Crippen LogP contribution is 2.41. The lowest BCUT2D eigenvalue weighted by atomic mass is 9.95. The molecule has 5 rings (SSSR count). The number of nitrogens with one attached hydrogen (secondary N) is 2. The maximum Gasteiger partial charge on any atom is 0.255 e. The molecule has 3 aromatic carbocycles. The van der Waals surface area contributed by atoms with Gasteiger partial charge < -0.3 is 25.0 Å². The van der Waals surface area contributed by atoms with E-state index >= 15 is 0 Å². The third-order valence-electron chi connectivity index (χ3n) is 6.51. The molecule has 1 atom stereocenters. The van der Waals surface area contributed by atoms with Gasteiger partial charge in [-0.25, -0.2) is 0 Å². The van der Waals surface area contributed by atoms with E-state index in [0.717, 1.165) is 5.56 Å². The largest absolute Gasteiger partial charge is 0.344 e. The molecule has 1 saturated heterocycles. The number of benzene rings is 3. The van der Waals surface area contributed by atoms with Crippen molar-refractivity contribution in [2.75, 3.05) is 35.3 Å². The van der Waals surface area contributed by atoms with Crippen molar-refractivity contribution in [3.05, 3.63) is 89.5 Å². The summed E-state index contributed by atoms with van der Waals surface area (Å²) in [6.07, 6.45) is 0. The Labute approximate surface area is 209 Å². The van der Waals surface area contributed by atoms with Crippen LogP contribution in [-0.4, -0.2) is 37.5 Å². The Kier molecular flexibility index (Phi) is 6.30. The van der Waals surface area contributed by atoms with Crippen LogP contribution in [0.4, 0.5) is 17.1 Å². The lowest BCUT2D eigenvalue weighted by Crippen LogP contribution is -2.33. The number of fused-ring (bicyclic) bond motifs is 1. The van der Waals surface area contributed by atoms with Crippen LogP contribution in [0.5, 0.6) is 0 Å². The van der Waals surface area contributed by atoms with E-state index in [4.69, 9.17) is 9.47 Å². The molecule has 2 N–H and O–H groups in total. The second-order valence-electron chi connectivity index (χ2n) is 8.82. The summed E-state index contributed by atoms with van der Waals surface area (Å²) < 4.78 is 11.6. The standard InChI is InChI=1S/C28H27N3O5/c1-3-31-23-13-12-19(28(2)35-14-15-36-28)17-22(23)24(27(31)34)26(33)30-21-11-7-8-18(16-21)25(32)29-20-9-5-4-6-10-20/h4-13,16-17,24H,3,14-15H2,1-2H3,(H,29,32)(H,30,33). The van der Waals surface area contributed by atoms with Crippen LogP contribution < -0.4 is 15.5 Å². The topological polar surface area (TPSA) is 97.0 Å². The van der Waals surface area contributed by atoms with E-state index in [0.29, 0.717) is 47.9 Å². The molecule has 0 radical (unpaired) electrons. The number of carbonyl (C=O) groups excluding carboxylic acids is 3. The third kappa shape index (κ3) is 4.36. The van der Waals surface area contributed by atoms with Crippen molar-refractivity contribution in [1.82, 2.24) is 0 Å². The monoisotopic (exact) mass is 485 g/mol. The smallest absolute Gasteiger partial charge is 0.255 e. The van der Waals surface area contributed by atoms with Gasteiger partial charge in [-0.2, -0.15) is 0 Å². The molecular weight excluding hydrogens is 458 g/mol. The fraction of sp³-hybridized carbons (Fsp3) is 0.250. The summed E-state index contributed by atoms with van der Waals surface area (Å²) in [5.41, 5.74) is 3.54. The quantitative estimate of drug-likeness (QED) is 0.509. The van der Waals surface area contributed by atoms with Gasteiger partial charge in [-0.1, -0.05) is 30.3 Å². The summed E-state index contributed by atoms with van der Waals surface area (Å²) in [6.45, 7) is 5.10. The molecule has 3 aromatic rings. The highest BCUT2D eigenvalue weighted by molar-refractivity contribution is 6.20. The van der Waals surface area contributed by atoms with Crippen LogP contribution in [-0.2, 0) is 24.8 Å². The minimum atomic E-state index is -1.02. The molecule has 2 heterocycles. The Bertz CT molecular complexity index is 1320. The number of rotatable bonds is 6. The average Bonchev–Trinajstić information content (AvgIpc) is 3.45. The SMILES string of the molecule is CCN1C(=O)C(C(=O)Nc2cccc(C(=O)Nc3ccccc3)c2)c2cc(C3(C)OCCO3)ccc21. The molecule has 0 saturated carbocycles. The molecular formula is C28H27N3O5. The predicted molar refractivity (Wildman–Crippen MR) is 136 cm³/mol. The molecule has 2 aliphatic rings. The number of hydrogen-bond acceptors (Lipinski definition) is 5. The number of para-hydroxylation sites is 1. The van der Waals surface area contributed by atoms with Crippen LogP contribution in [0.1, 0.15) is 41.3 Å². The maximum atomic E-state index is 13.4. The van der Waals surface area contributed by atoms with Gasteiger partial charge in [0, 0.05) is 34.7 Å². The first-order valence-corrected chi connectivity index (χ1v) is 11.9. The lowest BCUT2D eigenvalue weighted by Gasteiger charge is -2.24. The maximum absolute atomic E-state index is 13.4. The van der Waals surface area contributed by atoms with E-state index in [2.05, 4.69) is 10.6 Å². The van der Waals surface area contributed by atoms with Gasteiger partial charge in [-0.05, 0) is 61.9 Å². The molecule has 1 unspecified atom stereocenters. The van der Waals surface area contributed by atoms with Gasteiger partial charge in [0.15, 0.2) is 5.79 Å². The van der Waals surface area contributed by atoms with Crippen LogP contribution in [0.25, 0.3) is 0 Å². The zero-order valence-electron chi connectivity index (χ0n) is 20.1. The van der Waals surface area contributed by atoms with Gasteiger partial charge in [0.1, 0.15) is 5.92 Å². The van der Waals surface area contributed by atoms with Gasteiger partial charge in [0.05, 0.1) is 13.2 Å². The zero-order valence-corrected chi connectivity index (χ0v) is 20.1. The molecule has 0 aromatic heterocycles. The van der Waals surface area contributed by atoms with Crippen molar-refractivity contribution < 1.29 is 23.9 Å². The molecule has 3 amide bonds. The minimum Gasteiger partial charge on any atom is -0.344 e. The Balaban J connectivity index is 1.39. The van der Waals surface area contributed by atoms with E-state index in [9.17, 15) is 14.4 Å². The second-order valence-corrected chi connectivity index (χ2v) is 8.82. The van der Waals surface area contributed by atoms with Crippen LogP contribution in [0.3, 0.4) is 0 Å². The first-order valence-electron chi connectivity index (χ1n) is 11.9. The van der Waals surface area contributed by atoms with Gasteiger partial charge in [0.2, 0.25) is 11.8 Å². The van der Waals surface area contributed by atoms with Crippen molar-refractivity contribution in [2.24, 2.45) is 0 Å². The first-order chi connectivity index (χ1) is 17.4. The van der Waals surface area contributed by atoms with E-state index in [1.165, 1.54) is 0 Å². The van der Waals surface area contributed by atoms with Crippen LogP contribution in [0.2, 0.25) is 0 Å². The Morgan fingerprint density at radius 2 is 1.67 bits per heavy atom. The van der Waals surface area contributed by atoms with Gasteiger partial charge >= 0.3 is 0 Å². The van der Waals surface area contributed by atoms with Gasteiger partial charge in [-0.3, -0.25) is 14.4 Å². The summed E-state index contributed by atoms with van der Waals surface area (Å²) in [5, 5.41) is 5.66. The van der Waals surface area contributed by atoms with Crippen LogP contribution in [0, 0.1) is 0 Å². The van der Waals surface area contributed by atoms with Crippen molar-refractivity contribution in [3.63, 3.8) is 0 Å². The number of likely N-dealkylation sites (N-methyl/N-ethyl adjacent to an activating group) is 1. The van der Waals surface area contributed by atoms with E-state index in [1.54, 1.807) is 41.3 Å². The van der Waals surface area contributed by atoms with Crippen molar-refractivity contribution in [3.8, 4) is 0 Å². The number of nitrogens with zero attached hydrogens (tertiary/aromatic N) is 1. The fourth-order valence-corrected chi connectivity index (χ4v) is 4.66. The molecule has 1 fully saturated rings. The summed E-state index contributed by atoms with van der Waals surface area (Å²) in [7, 11) is 0. The molecule has 8 heteroatoms. The molecule has 2 aliphatic heterocycles. The average molecular weight is 486 g/mol. The molecule has 0 spiro atoms. The Morgan fingerprint density at radius 1 is 0.944 bits per heavy atom. The van der Waals surface area contributed by atoms with Crippen LogP contribution >= 0.6 is 0 Å². The normalized spacial score (nSPS) is 18.1. The predicted octanol–water partition coefficient (Wildman–Crippen LogP) is 4.25. The van der Waals surface area contributed by atoms with Crippen molar-refractivity contribution >= 4 is 34.8 Å². The molecule has 36 heavy (non-hydrogen) atoms. The second kappa shape index (κ2) is 9.56. The van der Waals surface area contributed by atoms with E-state index < -0.39 is 17.6 Å². The van der Waals surface area contributed by atoms with Crippen molar-refractivity contribution in [1.29, 1.82) is 0 Å². The number of anilines is 3. The molecule has 8 nitrogen and oxygen atoms in total.